The number of nitrogens with one attached hydrogen (secondary N) is 1. The van der Waals surface area contributed by atoms with Gasteiger partial charge in [-0.1, -0.05) is 48.5 Å². The standard InChI is InChI=1S/C26H21F3N2O2S/c1-15-8-9-17(13-22(15)25(33)31-14-23(30)32)21-7-3-5-18-12-20(34-24(18)21)11-16-4-2-6-19(10-16)26(27,28)29/h2-10,12-13H,11,14H2,1H3,(H2,30,32)(H,31,33). The first kappa shape index (κ1) is 23.5. The molecule has 0 saturated heterocycles. The highest BCUT2D eigenvalue weighted by molar-refractivity contribution is 7.19. The van der Waals surface area contributed by atoms with E-state index in [4.69, 9.17) is 5.73 Å². The van der Waals surface area contributed by atoms with Crippen LogP contribution in [-0.4, -0.2) is 18.4 Å². The second-order valence-corrected chi connectivity index (χ2v) is 9.13. The van der Waals surface area contributed by atoms with Crippen molar-refractivity contribution >= 4 is 33.2 Å². The normalized spacial score (nSPS) is 11.5. The summed E-state index contributed by atoms with van der Waals surface area (Å²) in [5.74, 6) is -1.01. The lowest BCUT2D eigenvalue weighted by Crippen LogP contribution is -2.33. The molecule has 0 spiro atoms. The molecular formula is C26H21F3N2O2S. The van der Waals surface area contributed by atoms with Gasteiger partial charge in [-0.05, 0) is 52.8 Å². The number of primary amides is 1. The number of rotatable bonds is 6. The fourth-order valence-electron chi connectivity index (χ4n) is 3.79. The topological polar surface area (TPSA) is 72.2 Å². The number of hydrogen-bond donors (Lipinski definition) is 2. The van der Waals surface area contributed by atoms with E-state index < -0.39 is 17.6 Å². The van der Waals surface area contributed by atoms with Crippen molar-refractivity contribution < 1.29 is 22.8 Å². The highest BCUT2D eigenvalue weighted by Crippen LogP contribution is 2.37. The van der Waals surface area contributed by atoms with E-state index in [1.54, 1.807) is 12.1 Å². The maximum atomic E-state index is 13.1. The van der Waals surface area contributed by atoms with Crippen molar-refractivity contribution in [3.05, 3.63) is 93.9 Å². The molecule has 8 heteroatoms. The molecule has 0 unspecified atom stereocenters. The van der Waals surface area contributed by atoms with E-state index in [1.165, 1.54) is 23.5 Å². The fourth-order valence-corrected chi connectivity index (χ4v) is 5.01. The Morgan fingerprint density at radius 1 is 1.00 bits per heavy atom. The minimum atomic E-state index is -4.38. The lowest BCUT2D eigenvalue weighted by molar-refractivity contribution is -0.137. The van der Waals surface area contributed by atoms with Gasteiger partial charge in [0.2, 0.25) is 5.91 Å². The Morgan fingerprint density at radius 2 is 1.76 bits per heavy atom. The number of thiophene rings is 1. The van der Waals surface area contributed by atoms with Crippen LogP contribution >= 0.6 is 11.3 Å². The molecule has 0 radical (unpaired) electrons. The van der Waals surface area contributed by atoms with E-state index in [-0.39, 0.29) is 12.5 Å². The number of halogens is 3. The van der Waals surface area contributed by atoms with Crippen molar-refractivity contribution in [2.75, 3.05) is 6.54 Å². The molecule has 4 rings (SSSR count). The summed E-state index contributed by atoms with van der Waals surface area (Å²) < 4.78 is 40.2. The van der Waals surface area contributed by atoms with Gasteiger partial charge in [-0.15, -0.1) is 11.3 Å². The monoisotopic (exact) mass is 482 g/mol. The summed E-state index contributed by atoms with van der Waals surface area (Å²) in [6.45, 7) is 1.56. The number of fused-ring (bicyclic) bond motifs is 1. The molecule has 0 aliphatic carbocycles. The van der Waals surface area contributed by atoms with Gasteiger partial charge in [-0.2, -0.15) is 13.2 Å². The number of alkyl halides is 3. The van der Waals surface area contributed by atoms with E-state index in [0.29, 0.717) is 17.5 Å². The molecule has 1 heterocycles. The number of hydrogen-bond acceptors (Lipinski definition) is 3. The lowest BCUT2D eigenvalue weighted by Gasteiger charge is -2.10. The molecule has 1 aromatic heterocycles. The zero-order valence-electron chi connectivity index (χ0n) is 18.2. The molecule has 0 bridgehead atoms. The molecular weight excluding hydrogens is 461 g/mol. The first-order chi connectivity index (χ1) is 16.1. The quantitative estimate of drug-likeness (QED) is 0.370. The largest absolute Gasteiger partial charge is 0.416 e. The molecule has 0 aliphatic heterocycles. The summed E-state index contributed by atoms with van der Waals surface area (Å²) in [6, 6.07) is 18.7. The molecule has 2 amide bonds. The van der Waals surface area contributed by atoms with Gasteiger partial charge in [-0.3, -0.25) is 9.59 Å². The Labute approximate surface area is 198 Å². The van der Waals surface area contributed by atoms with Gasteiger partial charge in [0.25, 0.3) is 5.91 Å². The van der Waals surface area contributed by atoms with Gasteiger partial charge in [-0.25, -0.2) is 0 Å². The van der Waals surface area contributed by atoms with Crippen LogP contribution in [0.2, 0.25) is 0 Å². The zero-order chi connectivity index (χ0) is 24.5. The molecule has 4 aromatic rings. The van der Waals surface area contributed by atoms with E-state index in [1.807, 2.05) is 43.3 Å². The van der Waals surface area contributed by atoms with Gasteiger partial charge >= 0.3 is 6.18 Å². The second kappa shape index (κ2) is 9.30. The highest BCUT2D eigenvalue weighted by atomic mass is 32.1. The van der Waals surface area contributed by atoms with Gasteiger partial charge in [0.15, 0.2) is 0 Å². The molecule has 174 valence electrons. The predicted octanol–water partition coefficient (Wildman–Crippen LogP) is 5.70. The van der Waals surface area contributed by atoms with Crippen molar-refractivity contribution in [3.63, 3.8) is 0 Å². The van der Waals surface area contributed by atoms with Crippen molar-refractivity contribution in [1.82, 2.24) is 5.32 Å². The van der Waals surface area contributed by atoms with E-state index in [0.717, 1.165) is 37.7 Å². The van der Waals surface area contributed by atoms with Crippen LogP contribution < -0.4 is 11.1 Å². The summed E-state index contributed by atoms with van der Waals surface area (Å²) in [6.07, 6.45) is -3.99. The number of benzene rings is 3. The van der Waals surface area contributed by atoms with Crippen LogP contribution in [0.4, 0.5) is 13.2 Å². The van der Waals surface area contributed by atoms with Crippen molar-refractivity contribution in [2.24, 2.45) is 5.73 Å². The maximum Gasteiger partial charge on any atom is 0.416 e. The number of nitrogens with two attached hydrogens (primary N) is 1. The minimum Gasteiger partial charge on any atom is -0.368 e. The van der Waals surface area contributed by atoms with Gasteiger partial charge in [0, 0.05) is 21.6 Å². The third-order valence-electron chi connectivity index (χ3n) is 5.44. The van der Waals surface area contributed by atoms with Crippen LogP contribution in [0.25, 0.3) is 21.2 Å². The molecule has 0 fully saturated rings. The average molecular weight is 483 g/mol. The molecule has 4 nitrogen and oxygen atoms in total. The Kier molecular flexibility index (Phi) is 6.43. The fraction of sp³-hybridized carbons (Fsp3) is 0.154. The minimum absolute atomic E-state index is 0.248. The maximum absolute atomic E-state index is 13.1. The van der Waals surface area contributed by atoms with Crippen LogP contribution in [0, 0.1) is 6.92 Å². The summed E-state index contributed by atoms with van der Waals surface area (Å²) in [5.41, 5.74) is 7.99. The predicted molar refractivity (Wildman–Crippen MR) is 128 cm³/mol. The Hall–Kier alpha value is -3.65. The summed E-state index contributed by atoms with van der Waals surface area (Å²) in [7, 11) is 0. The second-order valence-electron chi connectivity index (χ2n) is 7.99. The summed E-state index contributed by atoms with van der Waals surface area (Å²) >= 11 is 1.52. The van der Waals surface area contributed by atoms with Crippen molar-refractivity contribution in [3.8, 4) is 11.1 Å². The SMILES string of the molecule is Cc1ccc(-c2cccc3cc(Cc4cccc(C(F)(F)F)c4)sc23)cc1C(=O)NCC(N)=O. The first-order valence-corrected chi connectivity index (χ1v) is 11.3. The average Bonchev–Trinajstić information content (AvgIpc) is 3.20. The number of carbonyl (C=O) groups excluding carboxylic acids is 2. The van der Waals surface area contributed by atoms with E-state index >= 15 is 0 Å². The van der Waals surface area contributed by atoms with Crippen LogP contribution in [0.15, 0.2) is 66.7 Å². The smallest absolute Gasteiger partial charge is 0.368 e. The Bertz CT molecular complexity index is 1390. The van der Waals surface area contributed by atoms with Crippen molar-refractivity contribution in [2.45, 2.75) is 19.5 Å². The molecule has 3 aromatic carbocycles. The molecule has 3 N–H and O–H groups in total. The number of carbonyl (C=O) groups is 2. The van der Waals surface area contributed by atoms with Gasteiger partial charge < -0.3 is 11.1 Å². The van der Waals surface area contributed by atoms with Crippen LogP contribution in [0.1, 0.15) is 31.9 Å². The number of amides is 2. The molecule has 0 saturated carbocycles. The first-order valence-electron chi connectivity index (χ1n) is 10.5. The summed E-state index contributed by atoms with van der Waals surface area (Å²) in [5, 5.41) is 3.49. The third kappa shape index (κ3) is 5.12. The molecule has 34 heavy (non-hydrogen) atoms. The number of aryl methyl sites for hydroxylation is 1. The highest BCUT2D eigenvalue weighted by Gasteiger charge is 2.30. The lowest BCUT2D eigenvalue weighted by atomic mass is 9.98. The van der Waals surface area contributed by atoms with Gasteiger partial charge in [0.1, 0.15) is 0 Å². The van der Waals surface area contributed by atoms with Crippen LogP contribution in [0.5, 0.6) is 0 Å². The van der Waals surface area contributed by atoms with Gasteiger partial charge in [0.05, 0.1) is 12.1 Å². The van der Waals surface area contributed by atoms with E-state index in [2.05, 4.69) is 5.32 Å². The third-order valence-corrected chi connectivity index (χ3v) is 6.63. The molecule has 0 atom stereocenters. The van der Waals surface area contributed by atoms with Crippen LogP contribution in [0.3, 0.4) is 0 Å². The van der Waals surface area contributed by atoms with Crippen molar-refractivity contribution in [1.29, 1.82) is 0 Å². The Balaban J connectivity index is 1.67. The zero-order valence-corrected chi connectivity index (χ0v) is 19.0. The molecule has 0 aliphatic rings. The van der Waals surface area contributed by atoms with E-state index in [9.17, 15) is 22.8 Å². The Morgan fingerprint density at radius 3 is 2.50 bits per heavy atom. The van der Waals surface area contributed by atoms with Crippen LogP contribution in [-0.2, 0) is 17.4 Å². The summed E-state index contributed by atoms with van der Waals surface area (Å²) in [4.78, 5) is 24.5.